The lowest BCUT2D eigenvalue weighted by atomic mass is 9.95. The maximum absolute atomic E-state index is 13.1. The molecular formula is C26H30N2O5. The van der Waals surface area contributed by atoms with E-state index in [0.29, 0.717) is 36.6 Å². The van der Waals surface area contributed by atoms with Crippen molar-refractivity contribution in [2.45, 2.75) is 12.5 Å². The van der Waals surface area contributed by atoms with E-state index >= 15 is 0 Å². The number of rotatable bonds is 10. The average Bonchev–Trinajstić information content (AvgIpc) is 3.07. The fourth-order valence-corrected chi connectivity index (χ4v) is 3.82. The van der Waals surface area contributed by atoms with Crippen LogP contribution >= 0.6 is 0 Å². The fraction of sp³-hybridized carbons (Fsp3) is 0.308. The van der Waals surface area contributed by atoms with Gasteiger partial charge in [-0.2, -0.15) is 0 Å². The standard InChI is InChI=1S/C26H30N2O5/c1-5-17-33-21-13-7-18(8-14-21)23-22(24(29)19-9-11-20(32-4)12-10-19)25(30)26(31)28(23)16-6-15-27(2)3/h5,7-14,23,29H,1,6,15-17H2,2-4H3/b24-22-. The summed E-state index contributed by atoms with van der Waals surface area (Å²) in [6.45, 7) is 5.17. The van der Waals surface area contributed by atoms with Crippen molar-refractivity contribution >= 4 is 17.4 Å². The van der Waals surface area contributed by atoms with Gasteiger partial charge in [0.1, 0.15) is 23.9 Å². The first-order valence-electron chi connectivity index (χ1n) is 10.8. The number of amides is 1. The molecule has 7 heteroatoms. The Kier molecular flexibility index (Phi) is 7.90. The third-order valence-electron chi connectivity index (χ3n) is 5.47. The van der Waals surface area contributed by atoms with Crippen LogP contribution in [0.15, 0.2) is 66.8 Å². The predicted molar refractivity (Wildman–Crippen MR) is 127 cm³/mol. The minimum atomic E-state index is -0.692. The number of carbonyl (C=O) groups excluding carboxylic acids is 2. The largest absolute Gasteiger partial charge is 0.507 e. The molecule has 2 aromatic rings. The number of hydrogen-bond acceptors (Lipinski definition) is 6. The van der Waals surface area contributed by atoms with Crippen molar-refractivity contribution in [2.75, 3.05) is 40.9 Å². The van der Waals surface area contributed by atoms with E-state index in [-0.39, 0.29) is 11.3 Å². The van der Waals surface area contributed by atoms with E-state index in [4.69, 9.17) is 9.47 Å². The molecule has 1 saturated heterocycles. The lowest BCUT2D eigenvalue weighted by Gasteiger charge is -2.26. The Hall–Kier alpha value is -3.58. The van der Waals surface area contributed by atoms with Gasteiger partial charge >= 0.3 is 0 Å². The second-order valence-corrected chi connectivity index (χ2v) is 8.05. The summed E-state index contributed by atoms with van der Waals surface area (Å²) in [4.78, 5) is 29.6. The van der Waals surface area contributed by atoms with Crippen LogP contribution in [0.3, 0.4) is 0 Å². The summed E-state index contributed by atoms with van der Waals surface area (Å²) in [6, 6.07) is 13.2. The zero-order valence-corrected chi connectivity index (χ0v) is 19.3. The Morgan fingerprint density at radius 2 is 1.73 bits per heavy atom. The molecule has 33 heavy (non-hydrogen) atoms. The second kappa shape index (κ2) is 10.8. The Bertz CT molecular complexity index is 1030. The van der Waals surface area contributed by atoms with Gasteiger partial charge in [-0.1, -0.05) is 24.8 Å². The monoisotopic (exact) mass is 450 g/mol. The molecule has 1 atom stereocenters. The molecule has 0 aliphatic carbocycles. The van der Waals surface area contributed by atoms with Gasteiger partial charge in [-0.25, -0.2) is 0 Å². The number of ketones is 1. The number of hydrogen-bond donors (Lipinski definition) is 1. The molecule has 3 rings (SSSR count). The number of aliphatic hydroxyl groups excluding tert-OH is 1. The van der Waals surface area contributed by atoms with Gasteiger partial charge in [-0.3, -0.25) is 9.59 Å². The first kappa shape index (κ1) is 24.1. The third-order valence-corrected chi connectivity index (χ3v) is 5.47. The molecule has 0 saturated carbocycles. The fourth-order valence-electron chi connectivity index (χ4n) is 3.82. The molecule has 1 aliphatic rings. The molecule has 0 spiro atoms. The molecule has 2 aromatic carbocycles. The number of benzene rings is 2. The van der Waals surface area contributed by atoms with E-state index < -0.39 is 17.7 Å². The molecule has 7 nitrogen and oxygen atoms in total. The highest BCUT2D eigenvalue weighted by Crippen LogP contribution is 2.40. The summed E-state index contributed by atoms with van der Waals surface area (Å²) in [6.07, 6.45) is 2.35. The molecule has 1 aliphatic heterocycles. The smallest absolute Gasteiger partial charge is 0.295 e. The molecule has 0 aromatic heterocycles. The quantitative estimate of drug-likeness (QED) is 0.258. The van der Waals surface area contributed by atoms with Crippen LogP contribution in [0.5, 0.6) is 11.5 Å². The van der Waals surface area contributed by atoms with Crippen LogP contribution in [-0.2, 0) is 9.59 Å². The molecule has 1 amide bonds. The van der Waals surface area contributed by atoms with Gasteiger partial charge in [-0.05, 0) is 69.0 Å². The molecule has 1 heterocycles. The molecule has 174 valence electrons. The number of nitrogens with zero attached hydrogens (tertiary/aromatic N) is 2. The summed E-state index contributed by atoms with van der Waals surface area (Å²) in [7, 11) is 5.46. The maximum Gasteiger partial charge on any atom is 0.295 e. The van der Waals surface area contributed by atoms with Crippen molar-refractivity contribution in [1.29, 1.82) is 0 Å². The van der Waals surface area contributed by atoms with Crippen LogP contribution in [0.1, 0.15) is 23.6 Å². The van der Waals surface area contributed by atoms with Crippen LogP contribution in [-0.4, -0.2) is 67.5 Å². The highest BCUT2D eigenvalue weighted by atomic mass is 16.5. The number of aliphatic hydroxyl groups is 1. The molecule has 0 bridgehead atoms. The summed E-state index contributed by atoms with van der Waals surface area (Å²) in [5, 5.41) is 11.1. The minimum absolute atomic E-state index is 0.0785. The predicted octanol–water partition coefficient (Wildman–Crippen LogP) is 3.63. The normalized spacial score (nSPS) is 17.5. The van der Waals surface area contributed by atoms with Gasteiger partial charge in [-0.15, -0.1) is 0 Å². The van der Waals surface area contributed by atoms with Gasteiger partial charge in [0.05, 0.1) is 18.7 Å². The lowest BCUT2D eigenvalue weighted by Crippen LogP contribution is -2.32. The van der Waals surface area contributed by atoms with Gasteiger partial charge in [0.25, 0.3) is 11.7 Å². The van der Waals surface area contributed by atoms with Gasteiger partial charge in [0, 0.05) is 12.1 Å². The van der Waals surface area contributed by atoms with E-state index in [2.05, 4.69) is 6.58 Å². The summed E-state index contributed by atoms with van der Waals surface area (Å²) in [5.74, 6) is -0.227. The summed E-state index contributed by atoms with van der Waals surface area (Å²) < 4.78 is 10.7. The summed E-state index contributed by atoms with van der Waals surface area (Å²) >= 11 is 0. The minimum Gasteiger partial charge on any atom is -0.507 e. The third kappa shape index (κ3) is 5.43. The Morgan fingerprint density at radius 3 is 2.30 bits per heavy atom. The van der Waals surface area contributed by atoms with Crippen molar-refractivity contribution in [3.63, 3.8) is 0 Å². The number of likely N-dealkylation sites (tertiary alicyclic amines) is 1. The van der Waals surface area contributed by atoms with E-state index in [1.54, 1.807) is 54.5 Å². The Labute approximate surface area is 194 Å². The zero-order valence-electron chi connectivity index (χ0n) is 19.3. The lowest BCUT2D eigenvalue weighted by molar-refractivity contribution is -0.139. The molecular weight excluding hydrogens is 420 g/mol. The van der Waals surface area contributed by atoms with Gasteiger partial charge < -0.3 is 24.4 Å². The van der Waals surface area contributed by atoms with Crippen molar-refractivity contribution in [3.8, 4) is 11.5 Å². The van der Waals surface area contributed by atoms with E-state index in [1.165, 1.54) is 0 Å². The number of ether oxygens (including phenoxy) is 2. The Morgan fingerprint density at radius 1 is 1.09 bits per heavy atom. The molecule has 0 radical (unpaired) electrons. The molecule has 1 unspecified atom stereocenters. The SMILES string of the molecule is C=CCOc1ccc(C2/C(=C(/O)c3ccc(OC)cc3)C(=O)C(=O)N2CCCN(C)C)cc1. The first-order valence-corrected chi connectivity index (χ1v) is 10.8. The van der Waals surface area contributed by atoms with Crippen LogP contribution in [0.2, 0.25) is 0 Å². The van der Waals surface area contributed by atoms with Crippen molar-refractivity contribution in [2.24, 2.45) is 0 Å². The number of carbonyl (C=O) groups is 2. The van der Waals surface area contributed by atoms with Crippen LogP contribution < -0.4 is 9.47 Å². The highest BCUT2D eigenvalue weighted by Gasteiger charge is 2.45. The maximum atomic E-state index is 13.1. The number of Topliss-reactive ketones (excluding diaryl/α,β-unsaturated/α-hetero) is 1. The average molecular weight is 451 g/mol. The summed E-state index contributed by atoms with van der Waals surface area (Å²) in [5.41, 5.74) is 1.24. The zero-order chi connectivity index (χ0) is 24.0. The first-order chi connectivity index (χ1) is 15.9. The highest BCUT2D eigenvalue weighted by molar-refractivity contribution is 6.46. The van der Waals surface area contributed by atoms with Crippen molar-refractivity contribution in [3.05, 3.63) is 77.9 Å². The van der Waals surface area contributed by atoms with E-state index in [9.17, 15) is 14.7 Å². The van der Waals surface area contributed by atoms with Gasteiger partial charge in [0.15, 0.2) is 0 Å². The number of methoxy groups -OCH3 is 1. The van der Waals surface area contributed by atoms with Crippen molar-refractivity contribution < 1.29 is 24.2 Å². The molecule has 1 N–H and O–H groups in total. The second-order valence-electron chi connectivity index (χ2n) is 8.05. The van der Waals surface area contributed by atoms with Crippen LogP contribution in [0.25, 0.3) is 5.76 Å². The van der Waals surface area contributed by atoms with E-state index in [1.807, 2.05) is 31.1 Å². The van der Waals surface area contributed by atoms with Crippen LogP contribution in [0.4, 0.5) is 0 Å². The van der Waals surface area contributed by atoms with Crippen molar-refractivity contribution in [1.82, 2.24) is 9.80 Å². The van der Waals surface area contributed by atoms with Crippen LogP contribution in [0, 0.1) is 0 Å². The molecule has 1 fully saturated rings. The van der Waals surface area contributed by atoms with E-state index in [0.717, 1.165) is 12.1 Å². The Balaban J connectivity index is 2.03. The van der Waals surface area contributed by atoms with Gasteiger partial charge in [0.2, 0.25) is 0 Å². The topological polar surface area (TPSA) is 79.3 Å².